The number of fused-ring (bicyclic) bond motifs is 7. The Hall–Kier alpha value is -2.95. The maximum Gasteiger partial charge on any atom is 0.164 e. The van der Waals surface area contributed by atoms with Gasteiger partial charge in [-0.2, -0.15) is 0 Å². The summed E-state index contributed by atoms with van der Waals surface area (Å²) in [5, 5.41) is 0. The van der Waals surface area contributed by atoms with Gasteiger partial charge >= 0.3 is 0 Å². The summed E-state index contributed by atoms with van der Waals surface area (Å²) in [6.45, 7) is 12.8. The lowest BCUT2D eigenvalue weighted by atomic mass is 9.46. The summed E-state index contributed by atoms with van der Waals surface area (Å²) in [6, 6.07) is 19.4. The molecule has 0 radical (unpaired) electrons. The molecule has 42 heavy (non-hydrogen) atoms. The van der Waals surface area contributed by atoms with Crippen molar-refractivity contribution in [3.63, 3.8) is 0 Å². The molecule has 3 fully saturated rings. The van der Waals surface area contributed by atoms with Gasteiger partial charge in [0.15, 0.2) is 17.2 Å². The predicted molar refractivity (Wildman–Crippen MR) is 167 cm³/mol. The van der Waals surface area contributed by atoms with Crippen LogP contribution in [0.25, 0.3) is 11.1 Å². The molecule has 2 aromatic carbocycles. The third-order valence-corrected chi connectivity index (χ3v) is 11.8. The van der Waals surface area contributed by atoms with Gasteiger partial charge < -0.3 is 14.2 Å². The van der Waals surface area contributed by atoms with Crippen LogP contribution in [0.4, 0.5) is 0 Å². The van der Waals surface area contributed by atoms with Crippen LogP contribution in [0.5, 0.6) is 5.75 Å². The molecule has 7 rings (SSSR count). The first-order valence-corrected chi connectivity index (χ1v) is 15.7. The highest BCUT2D eigenvalue weighted by atomic mass is 16.8. The number of carbonyl (C=O) groups is 1. The van der Waals surface area contributed by atoms with Crippen LogP contribution in [0.15, 0.2) is 77.9 Å². The first-order valence-electron chi connectivity index (χ1n) is 15.7. The summed E-state index contributed by atoms with van der Waals surface area (Å²) < 4.78 is 18.6. The molecular weight excluding hydrogens is 520 g/mol. The van der Waals surface area contributed by atoms with Gasteiger partial charge in [-0.05, 0) is 111 Å². The van der Waals surface area contributed by atoms with Gasteiger partial charge in [0.05, 0.1) is 13.2 Å². The van der Waals surface area contributed by atoms with Gasteiger partial charge in [0, 0.05) is 10.8 Å². The molecule has 0 amide bonds. The van der Waals surface area contributed by atoms with E-state index < -0.39 is 11.4 Å². The quantitative estimate of drug-likeness (QED) is 0.374. The average Bonchev–Trinajstić information content (AvgIpc) is 3.39. The van der Waals surface area contributed by atoms with E-state index in [0.29, 0.717) is 17.8 Å². The number of ketones is 1. The number of methoxy groups -OCH3 is 1. The average molecular weight is 565 g/mol. The molecule has 4 nitrogen and oxygen atoms in total. The largest absolute Gasteiger partial charge is 0.497 e. The molecule has 1 saturated heterocycles. The van der Waals surface area contributed by atoms with Crippen LogP contribution in [-0.4, -0.2) is 30.4 Å². The van der Waals surface area contributed by atoms with Crippen molar-refractivity contribution >= 4 is 16.9 Å². The maximum atomic E-state index is 13.5. The van der Waals surface area contributed by atoms with E-state index in [1.165, 1.54) is 33.4 Å². The molecule has 4 heteroatoms. The van der Waals surface area contributed by atoms with Gasteiger partial charge in [0.2, 0.25) is 0 Å². The van der Waals surface area contributed by atoms with Crippen LogP contribution < -0.4 is 4.74 Å². The van der Waals surface area contributed by atoms with Crippen LogP contribution in [0.2, 0.25) is 0 Å². The maximum absolute atomic E-state index is 13.5. The fourth-order valence-electron chi connectivity index (χ4n) is 10.1. The highest BCUT2D eigenvalue weighted by Crippen LogP contribution is 2.71. The van der Waals surface area contributed by atoms with Gasteiger partial charge in [-0.3, -0.25) is 4.79 Å². The van der Waals surface area contributed by atoms with Crippen molar-refractivity contribution in [2.75, 3.05) is 7.11 Å². The fraction of sp³-hybridized carbons (Fsp3) is 0.500. The number of ether oxygens (including phenoxy) is 3. The molecule has 2 saturated carbocycles. The zero-order valence-corrected chi connectivity index (χ0v) is 26.1. The van der Waals surface area contributed by atoms with E-state index in [1.54, 1.807) is 14.0 Å². The van der Waals surface area contributed by atoms with E-state index in [1.807, 2.05) is 13.8 Å². The van der Waals surface area contributed by atoms with Crippen LogP contribution in [-0.2, 0) is 14.3 Å². The first kappa shape index (κ1) is 27.9. The van der Waals surface area contributed by atoms with E-state index in [2.05, 4.69) is 87.5 Å². The Kier molecular flexibility index (Phi) is 6.15. The minimum atomic E-state index is -0.867. The van der Waals surface area contributed by atoms with E-state index in [0.717, 1.165) is 31.4 Å². The summed E-state index contributed by atoms with van der Waals surface area (Å²) in [6.07, 6.45) is 8.75. The van der Waals surface area contributed by atoms with Crippen LogP contribution in [0.1, 0.15) is 78.4 Å². The summed E-state index contributed by atoms with van der Waals surface area (Å²) >= 11 is 0. The van der Waals surface area contributed by atoms with Gasteiger partial charge in [0.25, 0.3) is 0 Å². The first-order chi connectivity index (χ1) is 19.9. The standard InChI is InChI=1S/C38H44O4/c1-23-19-29-31(17-18-37(6)33(29)21-34-38(37,24(2)39)42-35(3,4)41-34)36(5)22-30(25-11-9-8-10-12-25)28(20-32(23)36)26-13-15-27(40-7)16-14-26/h8-16,19-20,29,31,33-34H,17-18,21-22H2,1-7H3/t29-,31+,33+,34+,36-,37+,38-/m1/s1. The Balaban J connectivity index is 1.34. The van der Waals surface area contributed by atoms with Crippen molar-refractivity contribution in [3.8, 4) is 5.75 Å². The Bertz CT molecular complexity index is 1530. The second kappa shape index (κ2) is 9.27. The molecule has 220 valence electrons. The van der Waals surface area contributed by atoms with Gasteiger partial charge in [-0.25, -0.2) is 0 Å². The minimum Gasteiger partial charge on any atom is -0.497 e. The predicted octanol–water partition coefficient (Wildman–Crippen LogP) is 8.43. The van der Waals surface area contributed by atoms with Crippen molar-refractivity contribution in [1.82, 2.24) is 0 Å². The number of Topliss-reactive ketones (excluding diaryl/α,β-unsaturated/α-hetero) is 1. The number of hydrogen-bond acceptors (Lipinski definition) is 4. The van der Waals surface area contributed by atoms with E-state index in [4.69, 9.17) is 14.2 Å². The number of rotatable bonds is 4. The summed E-state index contributed by atoms with van der Waals surface area (Å²) in [4.78, 5) is 13.5. The highest BCUT2D eigenvalue weighted by molar-refractivity contribution is 5.98. The molecule has 0 bridgehead atoms. The summed E-state index contributed by atoms with van der Waals surface area (Å²) in [7, 11) is 1.72. The van der Waals surface area contributed by atoms with Gasteiger partial charge in [-0.15, -0.1) is 0 Å². The van der Waals surface area contributed by atoms with Gasteiger partial charge in [-0.1, -0.05) is 74.0 Å². The fourth-order valence-corrected chi connectivity index (χ4v) is 10.1. The number of hydrogen-bond donors (Lipinski definition) is 0. The third-order valence-electron chi connectivity index (χ3n) is 11.8. The minimum absolute atomic E-state index is 0.00591. The van der Waals surface area contributed by atoms with Crippen molar-refractivity contribution < 1.29 is 19.0 Å². The lowest BCUT2D eigenvalue weighted by Crippen LogP contribution is -2.59. The van der Waals surface area contributed by atoms with Crippen LogP contribution >= 0.6 is 0 Å². The van der Waals surface area contributed by atoms with Gasteiger partial charge in [0.1, 0.15) is 5.75 Å². The normalized spacial score (nSPS) is 38.1. The van der Waals surface area contributed by atoms with Crippen molar-refractivity contribution in [1.29, 1.82) is 0 Å². The zero-order chi connectivity index (χ0) is 29.7. The molecule has 0 spiro atoms. The zero-order valence-electron chi connectivity index (χ0n) is 26.1. The van der Waals surface area contributed by atoms with Crippen LogP contribution in [0.3, 0.4) is 0 Å². The van der Waals surface area contributed by atoms with E-state index in [9.17, 15) is 4.79 Å². The summed E-state index contributed by atoms with van der Waals surface area (Å²) in [5.74, 6) is 1.46. The molecule has 4 aliphatic carbocycles. The third kappa shape index (κ3) is 3.70. The molecule has 1 heterocycles. The Morgan fingerprint density at radius 3 is 2.33 bits per heavy atom. The molecule has 1 aliphatic heterocycles. The number of benzene rings is 2. The smallest absolute Gasteiger partial charge is 0.164 e. The highest BCUT2D eigenvalue weighted by Gasteiger charge is 2.75. The summed E-state index contributed by atoms with van der Waals surface area (Å²) in [5.41, 5.74) is 6.93. The van der Waals surface area contributed by atoms with Crippen molar-refractivity contribution in [2.24, 2.45) is 28.6 Å². The number of allylic oxidation sites excluding steroid dienone is 6. The lowest BCUT2D eigenvalue weighted by molar-refractivity contribution is -0.210. The molecule has 2 aromatic rings. The van der Waals surface area contributed by atoms with E-state index in [-0.39, 0.29) is 22.7 Å². The SMILES string of the molecule is COc1ccc(C2=C(c3ccccc3)C[C@@]3(C)C(=C2)C(C)=C[C@@H]2[C@@H]3CC[C@@]3(C)[C@H]2C[C@@H]2OC(C)(C)O[C@]23C(C)=O)cc1. The van der Waals surface area contributed by atoms with E-state index >= 15 is 0 Å². The van der Waals surface area contributed by atoms with Crippen molar-refractivity contribution in [3.05, 3.63) is 89.0 Å². The molecule has 0 unspecified atom stereocenters. The molecule has 0 aromatic heterocycles. The lowest BCUT2D eigenvalue weighted by Gasteiger charge is -2.58. The Labute approximate surface area is 250 Å². The topological polar surface area (TPSA) is 44.8 Å². The van der Waals surface area contributed by atoms with Crippen LogP contribution in [0, 0.1) is 28.6 Å². The Morgan fingerprint density at radius 2 is 1.67 bits per heavy atom. The molecule has 0 N–H and O–H groups in total. The van der Waals surface area contributed by atoms with Crippen molar-refractivity contribution in [2.45, 2.75) is 84.7 Å². The monoisotopic (exact) mass is 564 g/mol. The second-order valence-electron chi connectivity index (χ2n) is 14.4. The molecule has 5 aliphatic rings. The number of carbonyl (C=O) groups excluding carboxylic acids is 1. The second-order valence-corrected chi connectivity index (χ2v) is 14.4. The molecular formula is C38H44O4. The Morgan fingerprint density at radius 1 is 0.952 bits per heavy atom. The molecule has 7 atom stereocenters.